The highest BCUT2D eigenvalue weighted by atomic mass is 16.1. The van der Waals surface area contributed by atoms with E-state index in [0.717, 1.165) is 28.8 Å². The highest BCUT2D eigenvalue weighted by molar-refractivity contribution is 6.06. The van der Waals surface area contributed by atoms with E-state index >= 15 is 0 Å². The third-order valence-corrected chi connectivity index (χ3v) is 8.07. The lowest BCUT2D eigenvalue weighted by atomic mass is 9.93. The molecule has 3 aromatic carbocycles. The highest BCUT2D eigenvalue weighted by Crippen LogP contribution is 2.32. The first-order valence-corrected chi connectivity index (χ1v) is 14.3. The van der Waals surface area contributed by atoms with Crippen molar-refractivity contribution >= 4 is 22.4 Å². The van der Waals surface area contributed by atoms with Crippen LogP contribution in [0.15, 0.2) is 66.7 Å². The second-order valence-electron chi connectivity index (χ2n) is 10.9. The second-order valence-corrected chi connectivity index (χ2v) is 10.9. The zero-order valence-corrected chi connectivity index (χ0v) is 23.0. The molecule has 1 aliphatic carbocycles. The molecule has 1 aliphatic rings. The van der Waals surface area contributed by atoms with Crippen LogP contribution in [0.25, 0.3) is 44.8 Å². The van der Waals surface area contributed by atoms with Crippen LogP contribution in [-0.4, -0.2) is 52.1 Å². The maximum atomic E-state index is 14.0. The molecule has 0 atom stereocenters. The SMILES string of the molecule is O=C(Nc1cc(-c2nn[nH]n2)cc(-c2nn[nH]n2)c1)c1cc(-c2ccc3ccccc3c2)[nH]c1CC1CCCCCC1. The van der Waals surface area contributed by atoms with Gasteiger partial charge in [-0.15, -0.1) is 20.4 Å². The number of aromatic amines is 3. The van der Waals surface area contributed by atoms with Crippen molar-refractivity contribution in [1.29, 1.82) is 0 Å². The standard InChI is InChI=1S/C31H30N10O/c42-31(32-25-16-23(29-34-38-39-35-29)15-24(17-25)30-36-40-41-37-30)26-18-27(22-12-11-20-9-5-6-10-21(20)14-22)33-28(26)13-19-7-3-1-2-4-8-19/h5-6,9-12,14-19,33H,1-4,7-8,13H2,(H,32,42)(H,34,35,38,39)(H,36,37,40,41). The minimum atomic E-state index is -0.189. The van der Waals surface area contributed by atoms with Gasteiger partial charge >= 0.3 is 0 Å². The van der Waals surface area contributed by atoms with E-state index in [1.54, 1.807) is 0 Å². The number of nitrogens with one attached hydrogen (secondary N) is 4. The molecule has 210 valence electrons. The van der Waals surface area contributed by atoms with E-state index in [-0.39, 0.29) is 5.91 Å². The van der Waals surface area contributed by atoms with E-state index in [2.05, 4.69) is 81.9 Å². The lowest BCUT2D eigenvalue weighted by Gasteiger charge is -2.14. The number of hydrogen-bond acceptors (Lipinski definition) is 7. The molecular formula is C31H30N10O. The Labute approximate surface area is 241 Å². The van der Waals surface area contributed by atoms with Gasteiger partial charge in [-0.3, -0.25) is 4.79 Å². The van der Waals surface area contributed by atoms with Gasteiger partial charge in [0, 0.05) is 28.2 Å². The molecular weight excluding hydrogens is 528 g/mol. The fourth-order valence-corrected chi connectivity index (χ4v) is 5.95. The van der Waals surface area contributed by atoms with Gasteiger partial charge in [-0.25, -0.2) is 0 Å². The first-order valence-electron chi connectivity index (χ1n) is 14.3. The number of benzene rings is 3. The molecule has 1 amide bonds. The van der Waals surface area contributed by atoms with Gasteiger partial charge in [0.15, 0.2) is 0 Å². The largest absolute Gasteiger partial charge is 0.358 e. The number of carbonyl (C=O) groups is 1. The van der Waals surface area contributed by atoms with Crippen molar-refractivity contribution in [1.82, 2.24) is 46.2 Å². The Morgan fingerprint density at radius 1 is 0.762 bits per heavy atom. The predicted molar refractivity (Wildman–Crippen MR) is 159 cm³/mol. The number of tetrazole rings is 2. The summed E-state index contributed by atoms with van der Waals surface area (Å²) < 4.78 is 0. The third-order valence-electron chi connectivity index (χ3n) is 8.07. The fourth-order valence-electron chi connectivity index (χ4n) is 5.95. The van der Waals surface area contributed by atoms with Crippen LogP contribution >= 0.6 is 0 Å². The molecule has 3 heterocycles. The first-order chi connectivity index (χ1) is 20.7. The van der Waals surface area contributed by atoms with Gasteiger partial charge in [-0.1, -0.05) is 74.9 Å². The van der Waals surface area contributed by atoms with Crippen molar-refractivity contribution in [3.63, 3.8) is 0 Å². The van der Waals surface area contributed by atoms with Crippen LogP contribution in [0.3, 0.4) is 0 Å². The maximum absolute atomic E-state index is 14.0. The van der Waals surface area contributed by atoms with Gasteiger partial charge < -0.3 is 10.3 Å². The third kappa shape index (κ3) is 5.40. The average molecular weight is 559 g/mol. The monoisotopic (exact) mass is 558 g/mol. The number of hydrogen-bond donors (Lipinski definition) is 4. The van der Waals surface area contributed by atoms with Gasteiger partial charge in [0.25, 0.3) is 5.91 Å². The summed E-state index contributed by atoms with van der Waals surface area (Å²) in [5.74, 6) is 1.15. The van der Waals surface area contributed by atoms with E-state index in [1.165, 1.54) is 43.9 Å². The van der Waals surface area contributed by atoms with Crippen LogP contribution in [0, 0.1) is 5.92 Å². The minimum absolute atomic E-state index is 0.189. The Morgan fingerprint density at radius 2 is 1.45 bits per heavy atom. The molecule has 0 aliphatic heterocycles. The van der Waals surface area contributed by atoms with E-state index in [0.29, 0.717) is 39.9 Å². The number of H-pyrrole nitrogens is 3. The second kappa shape index (κ2) is 11.4. The topological polar surface area (TPSA) is 154 Å². The average Bonchev–Trinajstić information content (AvgIpc) is 3.78. The molecule has 0 unspecified atom stereocenters. The molecule has 0 spiro atoms. The van der Waals surface area contributed by atoms with Crippen molar-refractivity contribution < 1.29 is 4.79 Å². The van der Waals surface area contributed by atoms with E-state index in [4.69, 9.17) is 0 Å². The summed E-state index contributed by atoms with van der Waals surface area (Å²) in [4.78, 5) is 17.6. The molecule has 6 aromatic rings. The summed E-state index contributed by atoms with van der Waals surface area (Å²) in [6.07, 6.45) is 8.27. The van der Waals surface area contributed by atoms with Crippen molar-refractivity contribution in [2.75, 3.05) is 5.32 Å². The summed E-state index contributed by atoms with van der Waals surface area (Å²) in [5.41, 5.74) is 5.48. The Morgan fingerprint density at radius 3 is 2.12 bits per heavy atom. The molecule has 3 aromatic heterocycles. The smallest absolute Gasteiger partial charge is 0.257 e. The maximum Gasteiger partial charge on any atom is 0.257 e. The zero-order chi connectivity index (χ0) is 28.3. The lowest BCUT2D eigenvalue weighted by Crippen LogP contribution is -2.15. The molecule has 0 saturated heterocycles. The van der Waals surface area contributed by atoms with Crippen LogP contribution in [-0.2, 0) is 6.42 Å². The Bertz CT molecular complexity index is 1760. The number of rotatable bonds is 7. The molecule has 11 heteroatoms. The number of nitrogens with zero attached hydrogens (tertiary/aromatic N) is 6. The van der Waals surface area contributed by atoms with E-state index in [9.17, 15) is 4.79 Å². The Hall–Kier alpha value is -5.19. The van der Waals surface area contributed by atoms with Crippen LogP contribution in [0.5, 0.6) is 0 Å². The molecule has 4 N–H and O–H groups in total. The molecule has 1 fully saturated rings. The number of fused-ring (bicyclic) bond motifs is 1. The molecule has 1 saturated carbocycles. The summed E-state index contributed by atoms with van der Waals surface area (Å²) in [6.45, 7) is 0. The van der Waals surface area contributed by atoms with Crippen LogP contribution < -0.4 is 5.32 Å². The van der Waals surface area contributed by atoms with Crippen LogP contribution in [0.2, 0.25) is 0 Å². The van der Waals surface area contributed by atoms with E-state index in [1.807, 2.05) is 36.4 Å². The van der Waals surface area contributed by atoms with Gasteiger partial charge in [0.2, 0.25) is 11.6 Å². The summed E-state index contributed by atoms with van der Waals surface area (Å²) in [7, 11) is 0. The van der Waals surface area contributed by atoms with Crippen LogP contribution in [0.1, 0.15) is 54.6 Å². The normalized spacial score (nSPS) is 14.2. The van der Waals surface area contributed by atoms with Gasteiger partial charge in [0.1, 0.15) is 0 Å². The molecule has 42 heavy (non-hydrogen) atoms. The van der Waals surface area contributed by atoms with Gasteiger partial charge in [0.05, 0.1) is 5.56 Å². The van der Waals surface area contributed by atoms with Crippen molar-refractivity contribution in [3.8, 4) is 34.0 Å². The van der Waals surface area contributed by atoms with Crippen LogP contribution in [0.4, 0.5) is 5.69 Å². The summed E-state index contributed by atoms with van der Waals surface area (Å²) in [6, 6.07) is 22.1. The summed E-state index contributed by atoms with van der Waals surface area (Å²) >= 11 is 0. The predicted octanol–water partition coefficient (Wildman–Crippen LogP) is 5.96. The zero-order valence-electron chi connectivity index (χ0n) is 23.0. The quantitative estimate of drug-likeness (QED) is 0.176. The number of carbonyl (C=O) groups excluding carboxylic acids is 1. The lowest BCUT2D eigenvalue weighted by molar-refractivity contribution is 0.102. The van der Waals surface area contributed by atoms with Gasteiger partial charge in [-0.05, 0) is 69.4 Å². The molecule has 0 radical (unpaired) electrons. The Kier molecular flexibility index (Phi) is 6.97. The van der Waals surface area contributed by atoms with Gasteiger partial charge in [-0.2, -0.15) is 10.4 Å². The first kappa shape index (κ1) is 25.8. The summed E-state index contributed by atoms with van der Waals surface area (Å²) in [5, 5.41) is 34.2. The van der Waals surface area contributed by atoms with Crippen molar-refractivity contribution in [2.24, 2.45) is 5.92 Å². The molecule has 11 nitrogen and oxygen atoms in total. The number of amides is 1. The van der Waals surface area contributed by atoms with Crippen molar-refractivity contribution in [3.05, 3.63) is 78.0 Å². The highest BCUT2D eigenvalue weighted by Gasteiger charge is 2.22. The minimum Gasteiger partial charge on any atom is -0.358 e. The Balaban J connectivity index is 1.25. The molecule has 7 rings (SSSR count). The van der Waals surface area contributed by atoms with E-state index < -0.39 is 0 Å². The molecule has 0 bridgehead atoms. The fraction of sp³-hybridized carbons (Fsp3) is 0.258. The number of aromatic nitrogens is 9. The number of anilines is 1. The van der Waals surface area contributed by atoms with Crippen molar-refractivity contribution in [2.45, 2.75) is 44.9 Å².